The van der Waals surface area contributed by atoms with Crippen LogP contribution in [0.15, 0.2) is 48.5 Å². The van der Waals surface area contributed by atoms with E-state index in [1.54, 1.807) is 13.2 Å². The van der Waals surface area contributed by atoms with Crippen LogP contribution in [0, 0.1) is 0 Å². The van der Waals surface area contributed by atoms with E-state index in [2.05, 4.69) is 0 Å². The molecule has 2 rings (SSSR count). The molecule has 21 heavy (non-hydrogen) atoms. The molecule has 0 bridgehead atoms. The Bertz CT molecular complexity index is 554. The molecule has 0 aliphatic rings. The zero-order valence-electron chi connectivity index (χ0n) is 12.0. The van der Waals surface area contributed by atoms with Crippen LogP contribution in [-0.2, 0) is 13.0 Å². The van der Waals surface area contributed by atoms with Gasteiger partial charge in [-0.25, -0.2) is 0 Å². The molecule has 0 spiro atoms. The van der Waals surface area contributed by atoms with E-state index in [9.17, 15) is 5.11 Å². The Balaban J connectivity index is 2.14. The number of rotatable bonds is 7. The summed E-state index contributed by atoms with van der Waals surface area (Å²) in [6.45, 7) is 0.167. The van der Waals surface area contributed by atoms with Crippen LogP contribution >= 0.6 is 0 Å². The van der Waals surface area contributed by atoms with Crippen molar-refractivity contribution in [1.82, 2.24) is 0 Å². The van der Waals surface area contributed by atoms with Crippen LogP contribution < -0.4 is 9.47 Å². The first-order valence-electron chi connectivity index (χ1n) is 6.85. The summed E-state index contributed by atoms with van der Waals surface area (Å²) in [5.74, 6) is 1.35. The van der Waals surface area contributed by atoms with E-state index in [0.717, 1.165) is 11.1 Å². The summed E-state index contributed by atoms with van der Waals surface area (Å²) in [7, 11) is 1.60. The van der Waals surface area contributed by atoms with Crippen molar-refractivity contribution in [1.29, 1.82) is 0 Å². The van der Waals surface area contributed by atoms with Crippen molar-refractivity contribution in [2.75, 3.05) is 13.7 Å². The topological polar surface area (TPSA) is 58.9 Å². The van der Waals surface area contributed by atoms with Crippen molar-refractivity contribution in [3.05, 3.63) is 59.7 Å². The molecule has 0 fully saturated rings. The average molecular weight is 288 g/mol. The van der Waals surface area contributed by atoms with Crippen molar-refractivity contribution in [2.24, 2.45) is 0 Å². The molecule has 4 heteroatoms. The van der Waals surface area contributed by atoms with Crippen LogP contribution in [0.3, 0.4) is 0 Å². The highest BCUT2D eigenvalue weighted by Gasteiger charge is 2.11. The fourth-order valence-electron chi connectivity index (χ4n) is 2.02. The minimum atomic E-state index is -0.794. The summed E-state index contributed by atoms with van der Waals surface area (Å²) < 4.78 is 11.0. The Morgan fingerprint density at radius 3 is 2.52 bits per heavy atom. The molecule has 0 amide bonds. The average Bonchev–Trinajstić information content (AvgIpc) is 2.54. The normalized spacial score (nSPS) is 12.0. The van der Waals surface area contributed by atoms with Crippen LogP contribution in [0.1, 0.15) is 11.1 Å². The zero-order valence-corrected chi connectivity index (χ0v) is 12.0. The first kappa shape index (κ1) is 15.4. The molecule has 0 saturated heterocycles. The second-order valence-corrected chi connectivity index (χ2v) is 4.79. The summed E-state index contributed by atoms with van der Waals surface area (Å²) >= 11 is 0. The van der Waals surface area contributed by atoms with E-state index >= 15 is 0 Å². The van der Waals surface area contributed by atoms with E-state index in [-0.39, 0.29) is 6.61 Å². The second kappa shape index (κ2) is 7.67. The molecule has 0 heterocycles. The monoisotopic (exact) mass is 288 g/mol. The van der Waals surface area contributed by atoms with Crippen molar-refractivity contribution in [3.8, 4) is 11.5 Å². The number of ether oxygens (including phenoxy) is 2. The van der Waals surface area contributed by atoms with Crippen LogP contribution in [-0.4, -0.2) is 30.0 Å². The van der Waals surface area contributed by atoms with Gasteiger partial charge in [0.05, 0.1) is 19.8 Å². The number of hydrogen-bond acceptors (Lipinski definition) is 4. The number of hydrogen-bond donors (Lipinski definition) is 2. The van der Waals surface area contributed by atoms with Crippen LogP contribution in [0.4, 0.5) is 0 Å². The molecule has 4 nitrogen and oxygen atoms in total. The molecule has 0 saturated carbocycles. The maximum absolute atomic E-state index is 9.61. The van der Waals surface area contributed by atoms with Gasteiger partial charge in [-0.1, -0.05) is 36.4 Å². The third-order valence-electron chi connectivity index (χ3n) is 3.18. The fraction of sp³-hybridized carbons (Fsp3) is 0.294. The van der Waals surface area contributed by atoms with Gasteiger partial charge in [0.25, 0.3) is 0 Å². The van der Waals surface area contributed by atoms with E-state index in [1.165, 1.54) is 0 Å². The largest absolute Gasteiger partial charge is 0.497 e. The molecule has 0 radical (unpaired) electrons. The molecule has 0 unspecified atom stereocenters. The molecule has 1 atom stereocenters. The Morgan fingerprint density at radius 1 is 1.10 bits per heavy atom. The van der Waals surface area contributed by atoms with Crippen LogP contribution in [0.25, 0.3) is 0 Å². The molecular weight excluding hydrogens is 268 g/mol. The fourth-order valence-corrected chi connectivity index (χ4v) is 2.02. The Morgan fingerprint density at radius 2 is 1.86 bits per heavy atom. The maximum Gasteiger partial charge on any atom is 0.126 e. The van der Waals surface area contributed by atoms with Gasteiger partial charge < -0.3 is 19.7 Å². The maximum atomic E-state index is 9.61. The molecule has 2 aromatic carbocycles. The highest BCUT2D eigenvalue weighted by Crippen LogP contribution is 2.26. The molecule has 2 aromatic rings. The lowest BCUT2D eigenvalue weighted by Gasteiger charge is -2.15. The standard InChI is InChI=1S/C17H20O4/c1-20-16-8-7-14(9-15(19)11-18)17(10-16)21-12-13-5-3-2-4-6-13/h2-8,10,15,18-19H,9,11-12H2,1H3/t15-/m0/s1. The van der Waals surface area contributed by atoms with E-state index in [0.29, 0.717) is 24.5 Å². The highest BCUT2D eigenvalue weighted by atomic mass is 16.5. The second-order valence-electron chi connectivity index (χ2n) is 4.79. The summed E-state index contributed by atoms with van der Waals surface area (Å²) in [4.78, 5) is 0. The first-order valence-corrected chi connectivity index (χ1v) is 6.85. The quantitative estimate of drug-likeness (QED) is 0.820. The van der Waals surface area contributed by atoms with Gasteiger partial charge in [-0.3, -0.25) is 0 Å². The number of methoxy groups -OCH3 is 1. The molecule has 2 N–H and O–H groups in total. The summed E-state index contributed by atoms with van der Waals surface area (Å²) in [6, 6.07) is 15.3. The molecule has 0 aliphatic carbocycles. The molecule has 0 aliphatic heterocycles. The third-order valence-corrected chi connectivity index (χ3v) is 3.18. The summed E-state index contributed by atoms with van der Waals surface area (Å²) in [5.41, 5.74) is 1.90. The Labute approximate surface area is 124 Å². The smallest absolute Gasteiger partial charge is 0.126 e. The molecular formula is C17H20O4. The van der Waals surface area contributed by atoms with Gasteiger partial charge >= 0.3 is 0 Å². The summed E-state index contributed by atoms with van der Waals surface area (Å²) in [5, 5.41) is 18.6. The van der Waals surface area contributed by atoms with Crippen LogP contribution in [0.2, 0.25) is 0 Å². The minimum absolute atomic E-state index is 0.274. The number of aliphatic hydroxyl groups is 2. The highest BCUT2D eigenvalue weighted by molar-refractivity contribution is 5.41. The predicted molar refractivity (Wildman–Crippen MR) is 80.6 cm³/mol. The van der Waals surface area contributed by atoms with E-state index < -0.39 is 6.10 Å². The van der Waals surface area contributed by atoms with Gasteiger partial charge in [-0.05, 0) is 17.2 Å². The zero-order chi connectivity index (χ0) is 15.1. The Kier molecular flexibility index (Phi) is 5.60. The van der Waals surface area contributed by atoms with Gasteiger partial charge in [0, 0.05) is 12.5 Å². The molecule has 112 valence electrons. The lowest BCUT2D eigenvalue weighted by Crippen LogP contribution is -2.15. The van der Waals surface area contributed by atoms with Crippen molar-refractivity contribution in [3.63, 3.8) is 0 Å². The number of benzene rings is 2. The molecule has 0 aromatic heterocycles. The van der Waals surface area contributed by atoms with Crippen LogP contribution in [0.5, 0.6) is 11.5 Å². The van der Waals surface area contributed by atoms with Gasteiger partial charge in [0.2, 0.25) is 0 Å². The lowest BCUT2D eigenvalue weighted by molar-refractivity contribution is 0.0947. The van der Waals surface area contributed by atoms with Crippen molar-refractivity contribution >= 4 is 0 Å². The van der Waals surface area contributed by atoms with E-state index in [1.807, 2.05) is 42.5 Å². The van der Waals surface area contributed by atoms with Gasteiger partial charge in [-0.2, -0.15) is 0 Å². The van der Waals surface area contributed by atoms with Gasteiger partial charge in [0.1, 0.15) is 18.1 Å². The predicted octanol–water partition coefficient (Wildman–Crippen LogP) is 2.17. The van der Waals surface area contributed by atoms with Crippen molar-refractivity contribution in [2.45, 2.75) is 19.1 Å². The van der Waals surface area contributed by atoms with E-state index in [4.69, 9.17) is 14.6 Å². The van der Waals surface area contributed by atoms with Gasteiger partial charge in [0.15, 0.2) is 0 Å². The lowest BCUT2D eigenvalue weighted by atomic mass is 10.1. The Hall–Kier alpha value is -2.04. The third kappa shape index (κ3) is 4.48. The SMILES string of the molecule is COc1ccc(C[C@H](O)CO)c(OCc2ccccc2)c1. The van der Waals surface area contributed by atoms with Crippen molar-refractivity contribution < 1.29 is 19.7 Å². The summed E-state index contributed by atoms with van der Waals surface area (Å²) in [6.07, 6.45) is -0.456. The first-order chi connectivity index (χ1) is 10.2. The van der Waals surface area contributed by atoms with Gasteiger partial charge in [-0.15, -0.1) is 0 Å². The number of aliphatic hydroxyl groups excluding tert-OH is 2. The minimum Gasteiger partial charge on any atom is -0.497 e.